The second-order valence-corrected chi connectivity index (χ2v) is 12.7. The van der Waals surface area contributed by atoms with E-state index in [-0.39, 0.29) is 22.7 Å². The number of hydrogen-bond acceptors (Lipinski definition) is 3. The van der Waals surface area contributed by atoms with Gasteiger partial charge in [0.15, 0.2) is 0 Å². The Labute approximate surface area is 206 Å². The first-order valence-electron chi connectivity index (χ1n) is 12.6. The summed E-state index contributed by atoms with van der Waals surface area (Å²) in [5, 5.41) is 3.10. The van der Waals surface area contributed by atoms with E-state index in [1.54, 1.807) is 9.80 Å². The van der Waals surface area contributed by atoms with E-state index in [4.69, 9.17) is 0 Å². The monoisotopic (exact) mass is 471 g/mol. The number of carbonyl (C=O) groups is 3. The van der Waals surface area contributed by atoms with Crippen LogP contribution in [0.25, 0.3) is 0 Å². The molecule has 6 nitrogen and oxygen atoms in total. The van der Waals surface area contributed by atoms with Crippen LogP contribution in [-0.4, -0.2) is 31.8 Å². The van der Waals surface area contributed by atoms with E-state index in [0.717, 1.165) is 38.5 Å². The lowest BCUT2D eigenvalue weighted by atomic mass is 9.76. The van der Waals surface area contributed by atoms with Gasteiger partial charge in [-0.2, -0.15) is 0 Å². The number of anilines is 3. The largest absolute Gasteiger partial charge is 0.326 e. The van der Waals surface area contributed by atoms with E-state index < -0.39 is 0 Å². The van der Waals surface area contributed by atoms with E-state index in [9.17, 15) is 14.4 Å². The first-order valence-corrected chi connectivity index (χ1v) is 12.6. The number of carbonyl (C=O) groups excluding carboxylic acids is 3. The summed E-state index contributed by atoms with van der Waals surface area (Å²) in [5.74, 6) is 1.36. The maximum Gasteiger partial charge on any atom is 0.227 e. The van der Waals surface area contributed by atoms with Crippen molar-refractivity contribution >= 4 is 35.8 Å². The lowest BCUT2D eigenvalue weighted by Gasteiger charge is -2.31. The zero-order valence-corrected chi connectivity index (χ0v) is 22.5. The number of nitrogens with zero attached hydrogens (tertiary/aromatic N) is 2. The first kappa shape index (κ1) is 27.9. The SMILES string of the molecule is CC(C)C1CCC(C(=O)Nc2cc(N(C=O)CC(C)(C)C)cc(N(C=O)CC(C)(C)C)c2)CC1. The lowest BCUT2D eigenvalue weighted by Crippen LogP contribution is -2.33. The summed E-state index contributed by atoms with van der Waals surface area (Å²) in [6.07, 6.45) is 5.59. The molecule has 1 aromatic rings. The van der Waals surface area contributed by atoms with Crippen LogP contribution in [0, 0.1) is 28.6 Å². The Kier molecular flexibility index (Phi) is 9.32. The molecule has 1 aliphatic rings. The molecular weight excluding hydrogens is 426 g/mol. The molecule has 0 atom stereocenters. The molecule has 0 saturated heterocycles. The number of nitrogens with one attached hydrogen (secondary N) is 1. The predicted octanol–water partition coefficient (Wildman–Crippen LogP) is 6.11. The molecule has 0 spiro atoms. The summed E-state index contributed by atoms with van der Waals surface area (Å²) in [5.41, 5.74) is 1.74. The van der Waals surface area contributed by atoms with Crippen LogP contribution in [0.3, 0.4) is 0 Å². The molecule has 1 N–H and O–H groups in total. The van der Waals surface area contributed by atoms with Gasteiger partial charge in [0, 0.05) is 36.1 Å². The average Bonchev–Trinajstić information content (AvgIpc) is 2.74. The van der Waals surface area contributed by atoms with Crippen molar-refractivity contribution in [2.75, 3.05) is 28.2 Å². The summed E-state index contributed by atoms with van der Waals surface area (Å²) in [4.78, 5) is 40.4. The lowest BCUT2D eigenvalue weighted by molar-refractivity contribution is -0.121. The van der Waals surface area contributed by atoms with Crippen LogP contribution in [0.2, 0.25) is 0 Å². The van der Waals surface area contributed by atoms with Gasteiger partial charge in [-0.05, 0) is 66.5 Å². The fourth-order valence-corrected chi connectivity index (χ4v) is 4.69. The molecule has 0 aromatic heterocycles. The third kappa shape index (κ3) is 8.44. The highest BCUT2D eigenvalue weighted by Gasteiger charge is 2.28. The summed E-state index contributed by atoms with van der Waals surface area (Å²) in [7, 11) is 0. The Balaban J connectivity index is 2.35. The van der Waals surface area contributed by atoms with Gasteiger partial charge in [0.2, 0.25) is 18.7 Å². The maximum atomic E-state index is 13.1. The molecule has 1 fully saturated rings. The van der Waals surface area contributed by atoms with Crippen molar-refractivity contribution in [3.05, 3.63) is 18.2 Å². The smallest absolute Gasteiger partial charge is 0.227 e. The van der Waals surface area contributed by atoms with Crippen molar-refractivity contribution < 1.29 is 14.4 Å². The van der Waals surface area contributed by atoms with Gasteiger partial charge < -0.3 is 15.1 Å². The summed E-state index contributed by atoms with van der Waals surface area (Å²) >= 11 is 0. The Morgan fingerprint density at radius 2 is 1.32 bits per heavy atom. The van der Waals surface area contributed by atoms with Gasteiger partial charge in [0.05, 0.1) is 0 Å². The van der Waals surface area contributed by atoms with Crippen molar-refractivity contribution in [1.82, 2.24) is 0 Å². The van der Waals surface area contributed by atoms with Gasteiger partial charge in [-0.25, -0.2) is 0 Å². The molecule has 1 aromatic carbocycles. The van der Waals surface area contributed by atoms with Gasteiger partial charge in [0.1, 0.15) is 0 Å². The van der Waals surface area contributed by atoms with Crippen LogP contribution < -0.4 is 15.1 Å². The van der Waals surface area contributed by atoms with Gasteiger partial charge in [0.25, 0.3) is 0 Å². The van der Waals surface area contributed by atoms with Crippen molar-refractivity contribution in [1.29, 1.82) is 0 Å². The highest BCUT2D eigenvalue weighted by Crippen LogP contribution is 2.35. The Morgan fingerprint density at radius 1 is 0.882 bits per heavy atom. The summed E-state index contributed by atoms with van der Waals surface area (Å²) in [6.45, 7) is 18.0. The van der Waals surface area contributed by atoms with E-state index in [0.29, 0.717) is 42.0 Å². The fourth-order valence-electron chi connectivity index (χ4n) is 4.69. The number of rotatable bonds is 9. The van der Waals surface area contributed by atoms with E-state index >= 15 is 0 Å². The minimum atomic E-state index is -0.106. The Bertz CT molecular complexity index is 797. The molecule has 0 heterocycles. The molecule has 3 amide bonds. The zero-order chi connectivity index (χ0) is 25.7. The molecule has 0 aliphatic heterocycles. The van der Waals surface area contributed by atoms with Crippen LogP contribution in [0.15, 0.2) is 18.2 Å². The second kappa shape index (κ2) is 11.4. The standard InChI is InChI=1S/C28H45N3O3/c1-20(2)21-9-11-22(12-10-21)26(34)29-23-13-24(30(18-32)16-27(3,4)5)15-25(14-23)31(19-33)17-28(6,7)8/h13-15,18-22H,9-12,16-17H2,1-8H3,(H,29,34). The Hall–Kier alpha value is -2.37. The van der Waals surface area contributed by atoms with Gasteiger partial charge in [-0.3, -0.25) is 14.4 Å². The van der Waals surface area contributed by atoms with Crippen LogP contribution in [-0.2, 0) is 14.4 Å². The number of benzene rings is 1. The van der Waals surface area contributed by atoms with Gasteiger partial charge >= 0.3 is 0 Å². The Morgan fingerprint density at radius 3 is 1.68 bits per heavy atom. The maximum absolute atomic E-state index is 13.1. The normalized spacial score (nSPS) is 19.0. The molecule has 0 bridgehead atoms. The third-order valence-corrected chi connectivity index (χ3v) is 6.46. The molecule has 0 radical (unpaired) electrons. The quantitative estimate of drug-likeness (QED) is 0.442. The van der Waals surface area contributed by atoms with Gasteiger partial charge in [-0.1, -0.05) is 55.4 Å². The molecule has 34 heavy (non-hydrogen) atoms. The summed E-state index contributed by atoms with van der Waals surface area (Å²) in [6, 6.07) is 5.52. The second-order valence-electron chi connectivity index (χ2n) is 12.7. The third-order valence-electron chi connectivity index (χ3n) is 6.46. The summed E-state index contributed by atoms with van der Waals surface area (Å²) < 4.78 is 0. The minimum absolute atomic E-state index is 0.00407. The molecule has 1 saturated carbocycles. The highest BCUT2D eigenvalue weighted by molar-refractivity contribution is 5.95. The van der Waals surface area contributed by atoms with Crippen LogP contribution >= 0.6 is 0 Å². The topological polar surface area (TPSA) is 69.7 Å². The van der Waals surface area contributed by atoms with Crippen molar-refractivity contribution in [2.24, 2.45) is 28.6 Å². The van der Waals surface area contributed by atoms with Crippen LogP contribution in [0.5, 0.6) is 0 Å². The first-order chi connectivity index (χ1) is 15.7. The highest BCUT2D eigenvalue weighted by atomic mass is 16.2. The minimum Gasteiger partial charge on any atom is -0.326 e. The van der Waals surface area contributed by atoms with Crippen molar-refractivity contribution in [3.63, 3.8) is 0 Å². The van der Waals surface area contributed by atoms with Crippen LogP contribution in [0.4, 0.5) is 17.1 Å². The molecule has 2 rings (SSSR count). The zero-order valence-electron chi connectivity index (χ0n) is 22.5. The van der Waals surface area contributed by atoms with E-state index in [1.165, 1.54) is 0 Å². The van der Waals surface area contributed by atoms with E-state index in [2.05, 4.69) is 60.7 Å². The molecule has 6 heteroatoms. The van der Waals surface area contributed by atoms with Crippen molar-refractivity contribution in [2.45, 2.75) is 81.1 Å². The molecule has 190 valence electrons. The predicted molar refractivity (Wildman–Crippen MR) is 141 cm³/mol. The number of amides is 3. The molecule has 1 aliphatic carbocycles. The fraction of sp³-hybridized carbons (Fsp3) is 0.679. The van der Waals surface area contributed by atoms with Crippen molar-refractivity contribution in [3.8, 4) is 0 Å². The average molecular weight is 472 g/mol. The number of hydrogen-bond donors (Lipinski definition) is 1. The van der Waals surface area contributed by atoms with E-state index in [1.807, 2.05) is 18.2 Å². The molecule has 0 unspecified atom stereocenters. The van der Waals surface area contributed by atoms with Crippen LogP contribution in [0.1, 0.15) is 81.1 Å². The molecular formula is C28H45N3O3. The van der Waals surface area contributed by atoms with Gasteiger partial charge in [-0.15, -0.1) is 0 Å².